The van der Waals surface area contributed by atoms with Crippen molar-refractivity contribution < 1.29 is 34.4 Å². The summed E-state index contributed by atoms with van der Waals surface area (Å²) in [6.45, 7) is 1.53. The standard InChI is InChI=1S/C12H20N5O7P/c1-2-16-5-17(9-8(16)10(19)15-11(13)14-9)7-3-12(20,25(21,22)23)6(4-18)24-7/h6-7,18,20H,2-5H2,1H3,(H2,21,22,23)(H3,13,14,15,19)/p-2/t6-,7-,12-/m1/s1. The molecule has 0 aliphatic carbocycles. The first-order valence-electron chi connectivity index (χ1n) is 7.51. The molecule has 1 aromatic heterocycles. The molecule has 1 unspecified atom stereocenters. The largest absolute Gasteiger partial charge is 0.857 e. The Morgan fingerprint density at radius 2 is 2.20 bits per heavy atom. The molecule has 1 fully saturated rings. The number of aromatic nitrogens is 2. The van der Waals surface area contributed by atoms with Gasteiger partial charge in [0.1, 0.15) is 12.3 Å². The number of nitrogens with two attached hydrogens (primary N) is 1. The van der Waals surface area contributed by atoms with Crippen molar-refractivity contribution in [2.45, 2.75) is 31.0 Å². The van der Waals surface area contributed by atoms with E-state index in [9.17, 15) is 29.7 Å². The second kappa shape index (κ2) is 5.94. The van der Waals surface area contributed by atoms with Crippen LogP contribution in [0.2, 0.25) is 0 Å². The lowest BCUT2D eigenvalue weighted by Gasteiger charge is -2.35. The second-order valence-corrected chi connectivity index (χ2v) is 7.71. The molecule has 25 heavy (non-hydrogen) atoms. The van der Waals surface area contributed by atoms with Crippen LogP contribution in [-0.4, -0.2) is 62.6 Å². The molecule has 2 aliphatic heterocycles. The molecular formula is C12H18N5O7P-2. The van der Waals surface area contributed by atoms with Gasteiger partial charge in [-0.1, -0.05) is 0 Å². The van der Waals surface area contributed by atoms with Crippen LogP contribution < -0.4 is 25.5 Å². The highest BCUT2D eigenvalue weighted by atomic mass is 31.2. The SMILES string of the molecule is CCN1CN([C@H]2C[C@@](O)(P(=O)([O-])O)[C@@H](CO)O2)c2nc(N)nc([O-])c21. The smallest absolute Gasteiger partial charge is 0.221 e. The van der Waals surface area contributed by atoms with Crippen LogP contribution >= 0.6 is 7.60 Å². The number of aliphatic hydroxyl groups excluding tert-OH is 1. The van der Waals surface area contributed by atoms with E-state index in [2.05, 4.69) is 9.97 Å². The van der Waals surface area contributed by atoms with Crippen molar-refractivity contribution in [1.29, 1.82) is 0 Å². The van der Waals surface area contributed by atoms with Crippen molar-refractivity contribution in [1.82, 2.24) is 9.97 Å². The van der Waals surface area contributed by atoms with Crippen molar-refractivity contribution in [3.63, 3.8) is 0 Å². The van der Waals surface area contributed by atoms with Crippen LogP contribution in [-0.2, 0) is 9.30 Å². The number of anilines is 3. The summed E-state index contributed by atoms with van der Waals surface area (Å²) < 4.78 is 17.0. The number of ether oxygens (including phenoxy) is 1. The Balaban J connectivity index is 1.99. The molecule has 3 rings (SSSR count). The first kappa shape index (κ1) is 18.1. The fraction of sp³-hybridized carbons (Fsp3) is 0.667. The highest BCUT2D eigenvalue weighted by Gasteiger charge is 2.56. The normalized spacial score (nSPS) is 31.2. The minimum atomic E-state index is -5.24. The van der Waals surface area contributed by atoms with Gasteiger partial charge < -0.3 is 49.9 Å². The number of hydrogen-bond acceptors (Lipinski definition) is 11. The van der Waals surface area contributed by atoms with E-state index in [0.29, 0.717) is 6.54 Å². The molecular weight excluding hydrogens is 357 g/mol. The first-order valence-corrected chi connectivity index (χ1v) is 9.08. The van der Waals surface area contributed by atoms with Crippen LogP contribution in [0.4, 0.5) is 17.5 Å². The summed E-state index contributed by atoms with van der Waals surface area (Å²) in [5.41, 5.74) is 5.71. The maximum atomic E-state index is 12.1. The molecule has 0 radical (unpaired) electrons. The minimum Gasteiger partial charge on any atom is -0.857 e. The van der Waals surface area contributed by atoms with Gasteiger partial charge in [-0.15, -0.1) is 0 Å². The van der Waals surface area contributed by atoms with E-state index in [-0.39, 0.29) is 24.1 Å². The van der Waals surface area contributed by atoms with E-state index in [4.69, 9.17) is 10.5 Å². The lowest BCUT2D eigenvalue weighted by molar-refractivity contribution is -0.273. The van der Waals surface area contributed by atoms with Gasteiger partial charge >= 0.3 is 0 Å². The number of nitrogen functional groups attached to an aromatic ring is 1. The van der Waals surface area contributed by atoms with Gasteiger partial charge in [-0.2, -0.15) is 4.98 Å². The van der Waals surface area contributed by atoms with E-state index in [1.165, 1.54) is 4.90 Å². The number of aliphatic hydroxyl groups is 2. The average Bonchev–Trinajstić information content (AvgIpc) is 3.05. The highest BCUT2D eigenvalue weighted by molar-refractivity contribution is 7.51. The number of rotatable bonds is 4. The maximum Gasteiger partial charge on any atom is 0.221 e. The van der Waals surface area contributed by atoms with Gasteiger partial charge in [0.2, 0.25) is 5.95 Å². The third-order valence-electron chi connectivity index (χ3n) is 4.46. The van der Waals surface area contributed by atoms with E-state index >= 15 is 0 Å². The molecule has 0 spiro atoms. The van der Waals surface area contributed by atoms with Crippen molar-refractivity contribution in [2.24, 2.45) is 0 Å². The molecule has 0 aromatic carbocycles. The first-order chi connectivity index (χ1) is 11.6. The Labute approximate surface area is 142 Å². The predicted octanol–water partition coefficient (Wildman–Crippen LogP) is -2.92. The molecule has 1 aromatic rings. The molecule has 1 saturated heterocycles. The van der Waals surface area contributed by atoms with E-state index in [1.807, 2.05) is 0 Å². The lowest BCUT2D eigenvalue weighted by Crippen LogP contribution is -2.43. The van der Waals surface area contributed by atoms with Gasteiger partial charge in [0.25, 0.3) is 0 Å². The molecule has 2 aliphatic rings. The minimum absolute atomic E-state index is 0.118. The summed E-state index contributed by atoms with van der Waals surface area (Å²) in [6.07, 6.45) is -3.14. The van der Waals surface area contributed by atoms with E-state index in [0.717, 1.165) is 0 Å². The zero-order valence-corrected chi connectivity index (χ0v) is 14.2. The Morgan fingerprint density at radius 3 is 2.72 bits per heavy atom. The van der Waals surface area contributed by atoms with Crippen LogP contribution in [0.3, 0.4) is 0 Å². The predicted molar refractivity (Wildman–Crippen MR) is 81.4 cm³/mol. The van der Waals surface area contributed by atoms with Gasteiger partial charge in [-0.3, -0.25) is 0 Å². The van der Waals surface area contributed by atoms with Gasteiger partial charge in [-0.25, -0.2) is 4.98 Å². The lowest BCUT2D eigenvalue weighted by atomic mass is 10.1. The quantitative estimate of drug-likeness (QED) is 0.392. The average molecular weight is 375 g/mol. The molecule has 13 heteroatoms. The Hall–Kier alpha value is -1.69. The van der Waals surface area contributed by atoms with Crippen molar-refractivity contribution in [3.05, 3.63) is 0 Å². The zero-order valence-electron chi connectivity index (χ0n) is 13.3. The molecule has 0 saturated carbocycles. The van der Waals surface area contributed by atoms with Crippen LogP contribution in [0.1, 0.15) is 13.3 Å². The fourth-order valence-corrected chi connectivity index (χ4v) is 4.02. The molecule has 3 heterocycles. The van der Waals surface area contributed by atoms with E-state index in [1.54, 1.807) is 11.8 Å². The maximum absolute atomic E-state index is 12.1. The fourth-order valence-electron chi connectivity index (χ4n) is 3.13. The monoisotopic (exact) mass is 375 g/mol. The third-order valence-corrected chi connectivity index (χ3v) is 5.91. The Morgan fingerprint density at radius 1 is 1.52 bits per heavy atom. The zero-order chi connectivity index (χ0) is 18.6. The summed E-state index contributed by atoms with van der Waals surface area (Å²) in [6, 6.07) is 0. The highest BCUT2D eigenvalue weighted by Crippen LogP contribution is 2.55. The molecule has 4 atom stereocenters. The summed E-state index contributed by atoms with van der Waals surface area (Å²) in [4.78, 5) is 31.6. The number of hydrogen-bond donors (Lipinski definition) is 4. The summed E-state index contributed by atoms with van der Waals surface area (Å²) in [5, 5.41) is 29.1. The van der Waals surface area contributed by atoms with Crippen molar-refractivity contribution in [3.8, 4) is 5.88 Å². The summed E-state index contributed by atoms with van der Waals surface area (Å²) in [5.74, 6) is -0.699. The van der Waals surface area contributed by atoms with Crippen LogP contribution in [0.15, 0.2) is 0 Å². The molecule has 5 N–H and O–H groups in total. The van der Waals surface area contributed by atoms with Crippen LogP contribution in [0.5, 0.6) is 5.88 Å². The number of fused-ring (bicyclic) bond motifs is 1. The summed E-state index contributed by atoms with van der Waals surface area (Å²) >= 11 is 0. The molecule has 0 bridgehead atoms. The van der Waals surface area contributed by atoms with Gasteiger partial charge in [0.05, 0.1) is 19.0 Å². The van der Waals surface area contributed by atoms with Gasteiger partial charge in [0.15, 0.2) is 18.8 Å². The molecule has 0 amide bonds. The van der Waals surface area contributed by atoms with Crippen LogP contribution in [0, 0.1) is 0 Å². The van der Waals surface area contributed by atoms with Gasteiger partial charge in [0, 0.05) is 18.8 Å². The van der Waals surface area contributed by atoms with Gasteiger partial charge in [-0.05, 0) is 6.92 Å². The number of nitrogens with zero attached hydrogens (tertiary/aromatic N) is 4. The summed E-state index contributed by atoms with van der Waals surface area (Å²) in [7, 11) is -5.24. The molecule has 140 valence electrons. The third kappa shape index (κ3) is 2.71. The van der Waals surface area contributed by atoms with Crippen molar-refractivity contribution in [2.75, 3.05) is 35.4 Å². The topological polar surface area (TPSA) is 191 Å². The Kier molecular flexibility index (Phi) is 4.30. The van der Waals surface area contributed by atoms with Crippen molar-refractivity contribution >= 4 is 25.0 Å². The molecule has 12 nitrogen and oxygen atoms in total. The van der Waals surface area contributed by atoms with E-state index < -0.39 is 44.2 Å². The Bertz CT molecular complexity index is 730. The second-order valence-electron chi connectivity index (χ2n) is 5.89. The van der Waals surface area contributed by atoms with Crippen LogP contribution in [0.25, 0.3) is 0 Å².